The van der Waals surface area contributed by atoms with Crippen LogP contribution in [-0.2, 0) is 25.5 Å². The van der Waals surface area contributed by atoms with E-state index >= 15 is 0 Å². The normalized spacial score (nSPS) is 14.4. The number of ether oxygens (including phenoxy) is 1. The number of aromatic nitrogens is 1. The van der Waals surface area contributed by atoms with Gasteiger partial charge in [0.05, 0.1) is 18.6 Å². The highest BCUT2D eigenvalue weighted by molar-refractivity contribution is 7.09. The lowest BCUT2D eigenvalue weighted by Gasteiger charge is -2.36. The second-order valence-electron chi connectivity index (χ2n) is 16.7. The lowest BCUT2D eigenvalue weighted by molar-refractivity contribution is -0.147. The van der Waals surface area contributed by atoms with E-state index in [9.17, 15) is 24.3 Å². The molecule has 2 heterocycles. The number of nitrogens with zero attached hydrogens (tertiary/aromatic N) is 3. The molecule has 0 saturated carbocycles. The highest BCUT2D eigenvalue weighted by atomic mass is 32.1. The number of rotatable bonds is 26. The summed E-state index contributed by atoms with van der Waals surface area (Å²) >= 11 is 1.36. The molecule has 14 nitrogen and oxygen atoms in total. The number of carboxylic acids is 1. The third-order valence-corrected chi connectivity index (χ3v) is 11.7. The molecule has 1 saturated heterocycles. The number of benzene rings is 1. The number of amides is 3. The quantitative estimate of drug-likeness (QED) is 0.0528. The minimum atomic E-state index is -1.09. The van der Waals surface area contributed by atoms with E-state index in [-0.39, 0.29) is 42.4 Å². The predicted octanol–water partition coefficient (Wildman–Crippen LogP) is 7.05. The van der Waals surface area contributed by atoms with Crippen molar-refractivity contribution >= 4 is 40.7 Å². The standard InChI is InChI=1S/C38H61N5O6S.C7H15NO.CH4O/c1-8-11-13-14-20-43(34(45)15-12-9-2)31(26(4)5)22-32(49-10-3)36-42-30(25-50-36)35(46)41-29(23-38(6,7)37(47)48)21-27-16-18-28(19-17-27)40-33(44)24-39;9-7-6-8-4-2-1-3-5-8;1-2/h16-19,25-26,29,31-32H,8-15,20-24,39H2,1-7H3,(H,40,44)(H,41,46)(H,47,48);9H,1-7H2;2H,1H3. The summed E-state index contributed by atoms with van der Waals surface area (Å²) in [6.07, 6.45) is 11.4. The minimum Gasteiger partial charge on any atom is -0.481 e. The van der Waals surface area contributed by atoms with Crippen LogP contribution in [0.25, 0.3) is 0 Å². The maximum absolute atomic E-state index is 13.6. The van der Waals surface area contributed by atoms with Crippen LogP contribution < -0.4 is 16.4 Å². The monoisotopic (exact) mass is 877 g/mol. The van der Waals surface area contributed by atoms with Gasteiger partial charge in [0.15, 0.2) is 0 Å². The topological polar surface area (TPSA) is 208 Å². The Balaban J connectivity index is 0.00000147. The number of hydrogen-bond acceptors (Lipinski definition) is 11. The van der Waals surface area contributed by atoms with E-state index in [0.29, 0.717) is 43.2 Å². The molecule has 2 aromatic rings. The van der Waals surface area contributed by atoms with Crippen molar-refractivity contribution in [1.82, 2.24) is 20.1 Å². The molecule has 348 valence electrons. The Morgan fingerprint density at radius 1 is 0.984 bits per heavy atom. The fraction of sp³-hybridized carbons (Fsp3) is 0.717. The molecule has 1 fully saturated rings. The summed E-state index contributed by atoms with van der Waals surface area (Å²) in [5.74, 6) is -1.28. The zero-order valence-corrected chi connectivity index (χ0v) is 39.4. The summed E-state index contributed by atoms with van der Waals surface area (Å²) in [5, 5.41) is 33.6. The van der Waals surface area contributed by atoms with E-state index in [1.807, 2.05) is 19.1 Å². The summed E-state index contributed by atoms with van der Waals surface area (Å²) in [5.41, 5.74) is 6.00. The fourth-order valence-corrected chi connectivity index (χ4v) is 8.16. The first-order valence-corrected chi connectivity index (χ1v) is 23.3. The van der Waals surface area contributed by atoms with Crippen LogP contribution >= 0.6 is 11.3 Å². The minimum absolute atomic E-state index is 0.0450. The molecule has 1 aromatic heterocycles. The molecule has 0 radical (unpaired) electrons. The number of nitrogens with two attached hydrogens (primary N) is 1. The zero-order valence-electron chi connectivity index (χ0n) is 38.5. The molecule has 3 rings (SSSR count). The first-order chi connectivity index (χ1) is 29.2. The predicted molar refractivity (Wildman–Crippen MR) is 246 cm³/mol. The molecule has 3 unspecified atom stereocenters. The summed E-state index contributed by atoms with van der Waals surface area (Å²) in [7, 11) is 1.00. The van der Waals surface area contributed by atoms with Gasteiger partial charge in [-0.3, -0.25) is 19.2 Å². The Hall–Kier alpha value is -3.47. The molecule has 1 aliphatic rings. The van der Waals surface area contributed by atoms with Crippen LogP contribution in [0.5, 0.6) is 0 Å². The molecule has 0 spiro atoms. The van der Waals surface area contributed by atoms with Gasteiger partial charge in [-0.15, -0.1) is 11.3 Å². The lowest BCUT2D eigenvalue weighted by atomic mass is 9.84. The van der Waals surface area contributed by atoms with E-state index in [1.54, 1.807) is 31.4 Å². The van der Waals surface area contributed by atoms with Crippen LogP contribution in [-0.4, -0.2) is 119 Å². The Kier molecular flexibility index (Phi) is 28.6. The largest absolute Gasteiger partial charge is 0.481 e. The number of aliphatic hydroxyl groups is 2. The molecule has 61 heavy (non-hydrogen) atoms. The van der Waals surface area contributed by atoms with Gasteiger partial charge in [0.25, 0.3) is 5.91 Å². The van der Waals surface area contributed by atoms with Crippen molar-refractivity contribution < 1.29 is 39.2 Å². The second-order valence-corrected chi connectivity index (χ2v) is 17.5. The van der Waals surface area contributed by atoms with Crippen molar-refractivity contribution in [3.63, 3.8) is 0 Å². The number of carbonyl (C=O) groups is 4. The van der Waals surface area contributed by atoms with Gasteiger partial charge in [0, 0.05) is 62.8 Å². The number of aliphatic hydroxyl groups excluding tert-OH is 2. The van der Waals surface area contributed by atoms with E-state index in [0.717, 1.165) is 64.3 Å². The number of β-amino-alcohol motifs (C(OH)–C–C–N with tert-alkyl or cyclic N) is 1. The van der Waals surface area contributed by atoms with E-state index < -0.39 is 29.4 Å². The molecule has 1 aromatic carbocycles. The van der Waals surface area contributed by atoms with Crippen molar-refractivity contribution in [2.24, 2.45) is 17.1 Å². The zero-order chi connectivity index (χ0) is 45.8. The number of hydrogen-bond donors (Lipinski definition) is 6. The number of carboxylic acid groups (broad SMARTS) is 1. The SMILES string of the molecule is CCCCCCN(C(=O)CCCC)C(CC(OCC)c1nc(C(=O)NC(Cc2ccc(NC(=O)CN)cc2)CC(C)(C)C(=O)O)cs1)C(C)C.CO.OCCN1CCCCC1. The number of likely N-dealkylation sites (tertiary alicyclic amines) is 1. The van der Waals surface area contributed by atoms with Crippen molar-refractivity contribution in [2.45, 2.75) is 150 Å². The molecular formula is C46H80N6O8S. The van der Waals surface area contributed by atoms with Crippen LogP contribution in [0.3, 0.4) is 0 Å². The fourth-order valence-electron chi connectivity index (χ4n) is 7.30. The van der Waals surface area contributed by atoms with Gasteiger partial charge in [-0.25, -0.2) is 4.98 Å². The average Bonchev–Trinajstić information content (AvgIpc) is 3.74. The third-order valence-electron chi connectivity index (χ3n) is 10.8. The van der Waals surface area contributed by atoms with E-state index in [1.165, 1.54) is 43.7 Å². The molecular weight excluding hydrogens is 797 g/mol. The van der Waals surface area contributed by atoms with Gasteiger partial charge in [-0.05, 0) is 96.0 Å². The second kappa shape index (κ2) is 31.4. The van der Waals surface area contributed by atoms with Gasteiger partial charge in [0.2, 0.25) is 11.8 Å². The van der Waals surface area contributed by atoms with Crippen LogP contribution in [0.1, 0.15) is 153 Å². The molecule has 0 bridgehead atoms. The maximum Gasteiger partial charge on any atom is 0.309 e. The smallest absolute Gasteiger partial charge is 0.309 e. The van der Waals surface area contributed by atoms with Gasteiger partial charge in [-0.2, -0.15) is 0 Å². The highest BCUT2D eigenvalue weighted by Crippen LogP contribution is 2.32. The highest BCUT2D eigenvalue weighted by Gasteiger charge is 2.33. The van der Waals surface area contributed by atoms with E-state index in [4.69, 9.17) is 25.7 Å². The Labute approximate surface area is 370 Å². The number of anilines is 1. The third kappa shape index (κ3) is 21.4. The number of aliphatic carboxylic acids is 1. The van der Waals surface area contributed by atoms with E-state index in [2.05, 4.69) is 48.1 Å². The first kappa shape index (κ1) is 55.5. The van der Waals surface area contributed by atoms with Crippen LogP contribution in [0, 0.1) is 11.3 Å². The number of piperidine rings is 1. The summed E-state index contributed by atoms with van der Waals surface area (Å²) < 4.78 is 6.23. The summed E-state index contributed by atoms with van der Waals surface area (Å²) in [6, 6.07) is 6.61. The van der Waals surface area contributed by atoms with Crippen molar-refractivity contribution in [3.8, 4) is 0 Å². The first-order valence-electron chi connectivity index (χ1n) is 22.5. The molecule has 3 amide bonds. The van der Waals surface area contributed by atoms with Gasteiger partial charge < -0.3 is 46.2 Å². The van der Waals surface area contributed by atoms with Crippen molar-refractivity contribution in [1.29, 1.82) is 0 Å². The molecule has 15 heteroatoms. The van der Waals surface area contributed by atoms with Gasteiger partial charge in [0.1, 0.15) is 16.8 Å². The Morgan fingerprint density at radius 3 is 2.20 bits per heavy atom. The van der Waals surface area contributed by atoms with Gasteiger partial charge >= 0.3 is 5.97 Å². The lowest BCUT2D eigenvalue weighted by Crippen LogP contribution is -2.45. The number of thiazole rings is 1. The van der Waals surface area contributed by atoms with Crippen LogP contribution in [0.4, 0.5) is 5.69 Å². The van der Waals surface area contributed by atoms with Crippen LogP contribution in [0.2, 0.25) is 0 Å². The van der Waals surface area contributed by atoms with Crippen molar-refractivity contribution in [2.75, 3.05) is 58.4 Å². The number of carbonyl (C=O) groups excluding carboxylic acids is 3. The Bertz CT molecular complexity index is 1510. The molecule has 1 aliphatic heterocycles. The summed E-state index contributed by atoms with van der Waals surface area (Å²) in [6.45, 7) is 18.4. The van der Waals surface area contributed by atoms with Crippen LogP contribution in [0.15, 0.2) is 29.6 Å². The maximum atomic E-state index is 13.6. The summed E-state index contributed by atoms with van der Waals surface area (Å²) in [4.78, 5) is 59.9. The number of nitrogens with one attached hydrogen (secondary N) is 2. The molecule has 0 aliphatic carbocycles. The average molecular weight is 877 g/mol. The number of unbranched alkanes of at least 4 members (excludes halogenated alkanes) is 4. The molecule has 7 N–H and O–H groups in total. The Morgan fingerprint density at radius 2 is 1.64 bits per heavy atom. The van der Waals surface area contributed by atoms with Gasteiger partial charge in [-0.1, -0.05) is 71.9 Å². The molecule has 3 atom stereocenters. The van der Waals surface area contributed by atoms with Crippen molar-refractivity contribution in [3.05, 3.63) is 45.9 Å².